The molecule has 3 rings (SSSR count). The molecule has 0 aliphatic rings. The molecule has 4 nitrogen and oxygen atoms in total. The Kier molecular flexibility index (Phi) is 4.47. The van der Waals surface area contributed by atoms with Gasteiger partial charge in [0.2, 0.25) is 0 Å². The second-order valence-corrected chi connectivity index (χ2v) is 5.10. The van der Waals surface area contributed by atoms with Gasteiger partial charge in [0.25, 0.3) is 0 Å². The lowest BCUT2D eigenvalue weighted by Crippen LogP contribution is -2.30. The quantitative estimate of drug-likeness (QED) is 0.771. The molecule has 3 aromatic rings. The Morgan fingerprint density at radius 3 is 2.74 bits per heavy atom. The van der Waals surface area contributed by atoms with Gasteiger partial charge < -0.3 is 10.6 Å². The maximum atomic E-state index is 13.5. The highest BCUT2D eigenvalue weighted by atomic mass is 19.1. The number of hydrogen-bond acceptors (Lipinski definition) is 2. The molecular formula is C18H16FN3O. The molecule has 2 aromatic carbocycles. The molecule has 0 spiro atoms. The normalized spacial score (nSPS) is 10.5. The molecule has 116 valence electrons. The Bertz CT molecular complexity index is 830. The fourth-order valence-electron chi connectivity index (χ4n) is 2.38. The number of benzene rings is 2. The van der Waals surface area contributed by atoms with Crippen LogP contribution in [0.5, 0.6) is 0 Å². The number of aromatic nitrogens is 1. The number of urea groups is 1. The van der Waals surface area contributed by atoms with Crippen molar-refractivity contribution in [1.29, 1.82) is 0 Å². The Morgan fingerprint density at radius 1 is 1.04 bits per heavy atom. The standard InChI is InChI=1S/C18H16FN3O/c19-15-8-2-1-5-13(15)10-12-21-18(23)22-16-9-3-6-14-7-4-11-20-17(14)16/h1-9,11H,10,12H2,(H2,21,22,23). The van der Waals surface area contributed by atoms with Gasteiger partial charge in [-0.1, -0.05) is 36.4 Å². The number of fused-ring (bicyclic) bond motifs is 1. The van der Waals surface area contributed by atoms with E-state index < -0.39 is 0 Å². The van der Waals surface area contributed by atoms with Crippen molar-refractivity contribution < 1.29 is 9.18 Å². The van der Waals surface area contributed by atoms with Crippen LogP contribution in [-0.4, -0.2) is 17.6 Å². The number of para-hydroxylation sites is 1. The molecule has 1 aromatic heterocycles. The van der Waals surface area contributed by atoms with Crippen molar-refractivity contribution in [3.63, 3.8) is 0 Å². The van der Waals surface area contributed by atoms with E-state index in [4.69, 9.17) is 0 Å². The van der Waals surface area contributed by atoms with E-state index in [0.717, 1.165) is 10.9 Å². The van der Waals surface area contributed by atoms with E-state index in [1.807, 2.05) is 24.3 Å². The van der Waals surface area contributed by atoms with Crippen LogP contribution in [0.3, 0.4) is 0 Å². The molecule has 0 fully saturated rings. The number of carbonyl (C=O) groups excluding carboxylic acids is 1. The van der Waals surface area contributed by atoms with Crippen LogP contribution in [0.2, 0.25) is 0 Å². The Balaban J connectivity index is 1.60. The monoisotopic (exact) mass is 309 g/mol. The summed E-state index contributed by atoms with van der Waals surface area (Å²) in [6.45, 7) is 0.352. The first-order valence-electron chi connectivity index (χ1n) is 7.36. The molecule has 0 aliphatic heterocycles. The summed E-state index contributed by atoms with van der Waals surface area (Å²) in [5.41, 5.74) is 1.96. The number of amides is 2. The smallest absolute Gasteiger partial charge is 0.319 e. The van der Waals surface area contributed by atoms with Crippen LogP contribution >= 0.6 is 0 Å². The Morgan fingerprint density at radius 2 is 1.87 bits per heavy atom. The molecule has 2 amide bonds. The molecule has 0 saturated heterocycles. The minimum atomic E-state index is -0.334. The summed E-state index contributed by atoms with van der Waals surface area (Å²) >= 11 is 0. The fraction of sp³-hybridized carbons (Fsp3) is 0.111. The Labute approximate surface area is 133 Å². The SMILES string of the molecule is O=C(NCCc1ccccc1F)Nc1cccc2cccnc12. The summed E-state index contributed by atoms with van der Waals surface area (Å²) in [5, 5.41) is 6.46. The molecular weight excluding hydrogens is 293 g/mol. The van der Waals surface area contributed by atoms with E-state index in [9.17, 15) is 9.18 Å². The lowest BCUT2D eigenvalue weighted by atomic mass is 10.1. The summed E-state index contributed by atoms with van der Waals surface area (Å²) < 4.78 is 13.5. The van der Waals surface area contributed by atoms with Crippen molar-refractivity contribution in [2.75, 3.05) is 11.9 Å². The number of anilines is 1. The first-order valence-corrected chi connectivity index (χ1v) is 7.36. The van der Waals surface area contributed by atoms with E-state index in [1.165, 1.54) is 6.07 Å². The van der Waals surface area contributed by atoms with Gasteiger partial charge in [-0.2, -0.15) is 0 Å². The summed E-state index contributed by atoms with van der Waals surface area (Å²) in [4.78, 5) is 16.3. The minimum absolute atomic E-state index is 0.257. The lowest BCUT2D eigenvalue weighted by molar-refractivity contribution is 0.252. The van der Waals surface area contributed by atoms with Crippen LogP contribution in [0.1, 0.15) is 5.56 Å². The molecule has 0 atom stereocenters. The molecule has 0 saturated carbocycles. The summed E-state index contributed by atoms with van der Waals surface area (Å²) in [5.74, 6) is -0.257. The number of nitrogens with one attached hydrogen (secondary N) is 2. The van der Waals surface area contributed by atoms with Crippen molar-refractivity contribution in [2.24, 2.45) is 0 Å². The van der Waals surface area contributed by atoms with Gasteiger partial charge in [-0.15, -0.1) is 0 Å². The summed E-state index contributed by atoms with van der Waals surface area (Å²) in [7, 11) is 0. The molecule has 1 heterocycles. The predicted octanol–water partition coefficient (Wildman–Crippen LogP) is 3.74. The molecule has 23 heavy (non-hydrogen) atoms. The van der Waals surface area contributed by atoms with Gasteiger partial charge in [-0.05, 0) is 30.2 Å². The van der Waals surface area contributed by atoms with E-state index in [0.29, 0.717) is 24.2 Å². The van der Waals surface area contributed by atoms with Gasteiger partial charge >= 0.3 is 6.03 Å². The average molecular weight is 309 g/mol. The molecule has 5 heteroatoms. The van der Waals surface area contributed by atoms with Gasteiger partial charge in [-0.25, -0.2) is 9.18 Å². The second-order valence-electron chi connectivity index (χ2n) is 5.10. The lowest BCUT2D eigenvalue weighted by Gasteiger charge is -2.09. The topological polar surface area (TPSA) is 54.0 Å². The fourth-order valence-corrected chi connectivity index (χ4v) is 2.38. The minimum Gasteiger partial charge on any atom is -0.338 e. The highest BCUT2D eigenvalue weighted by Crippen LogP contribution is 2.20. The van der Waals surface area contributed by atoms with Gasteiger partial charge in [0.1, 0.15) is 5.82 Å². The molecule has 0 aliphatic carbocycles. The molecule has 0 unspecified atom stereocenters. The predicted molar refractivity (Wildman–Crippen MR) is 88.9 cm³/mol. The van der Waals surface area contributed by atoms with Crippen LogP contribution in [0.4, 0.5) is 14.9 Å². The van der Waals surface area contributed by atoms with Crippen LogP contribution in [0.25, 0.3) is 10.9 Å². The molecule has 0 bridgehead atoms. The highest BCUT2D eigenvalue weighted by Gasteiger charge is 2.06. The van der Waals surface area contributed by atoms with Crippen LogP contribution < -0.4 is 10.6 Å². The van der Waals surface area contributed by atoms with Crippen molar-refractivity contribution in [2.45, 2.75) is 6.42 Å². The maximum Gasteiger partial charge on any atom is 0.319 e. The van der Waals surface area contributed by atoms with Crippen molar-refractivity contribution >= 4 is 22.6 Å². The van der Waals surface area contributed by atoms with Gasteiger partial charge in [0.05, 0.1) is 11.2 Å². The maximum absolute atomic E-state index is 13.5. The number of hydrogen-bond donors (Lipinski definition) is 2. The number of pyridine rings is 1. The summed E-state index contributed by atoms with van der Waals surface area (Å²) in [6, 6.07) is 15.6. The zero-order chi connectivity index (χ0) is 16.1. The second kappa shape index (κ2) is 6.87. The third-order valence-electron chi connectivity index (χ3n) is 3.52. The van der Waals surface area contributed by atoms with E-state index >= 15 is 0 Å². The largest absolute Gasteiger partial charge is 0.338 e. The van der Waals surface area contributed by atoms with Crippen LogP contribution in [-0.2, 0) is 6.42 Å². The third-order valence-corrected chi connectivity index (χ3v) is 3.52. The zero-order valence-electron chi connectivity index (χ0n) is 12.4. The average Bonchev–Trinajstić information content (AvgIpc) is 2.57. The van der Waals surface area contributed by atoms with E-state index in [-0.39, 0.29) is 11.8 Å². The van der Waals surface area contributed by atoms with Crippen molar-refractivity contribution in [3.05, 3.63) is 72.2 Å². The first kappa shape index (κ1) is 15.0. The molecule has 0 radical (unpaired) electrons. The van der Waals surface area contributed by atoms with Crippen molar-refractivity contribution in [1.82, 2.24) is 10.3 Å². The number of halogens is 1. The van der Waals surface area contributed by atoms with Gasteiger partial charge in [0, 0.05) is 18.1 Å². The zero-order valence-corrected chi connectivity index (χ0v) is 12.4. The van der Waals surface area contributed by atoms with Crippen molar-refractivity contribution in [3.8, 4) is 0 Å². The van der Waals surface area contributed by atoms with E-state index in [2.05, 4.69) is 15.6 Å². The van der Waals surface area contributed by atoms with Gasteiger partial charge in [-0.3, -0.25) is 4.98 Å². The number of nitrogens with zero attached hydrogens (tertiary/aromatic N) is 1. The first-order chi connectivity index (χ1) is 11.2. The van der Waals surface area contributed by atoms with Gasteiger partial charge in [0.15, 0.2) is 0 Å². The number of carbonyl (C=O) groups is 1. The molecule has 2 N–H and O–H groups in total. The van der Waals surface area contributed by atoms with Crippen LogP contribution in [0, 0.1) is 5.82 Å². The van der Waals surface area contributed by atoms with E-state index in [1.54, 1.807) is 30.5 Å². The third kappa shape index (κ3) is 3.63. The number of rotatable bonds is 4. The summed E-state index contributed by atoms with van der Waals surface area (Å²) in [6.07, 6.45) is 2.12. The Hall–Kier alpha value is -2.95. The highest BCUT2D eigenvalue weighted by molar-refractivity contribution is 5.99. The van der Waals surface area contributed by atoms with Crippen LogP contribution in [0.15, 0.2) is 60.8 Å².